The summed E-state index contributed by atoms with van der Waals surface area (Å²) in [4.78, 5) is 55.6. The van der Waals surface area contributed by atoms with E-state index in [0.717, 1.165) is 0 Å². The summed E-state index contributed by atoms with van der Waals surface area (Å²) in [5.74, 6) is -2.27. The first kappa shape index (κ1) is 20.3. The molecule has 0 unspecified atom stereocenters. The highest BCUT2D eigenvalue weighted by Crippen LogP contribution is 1.84. The van der Waals surface area contributed by atoms with Crippen molar-refractivity contribution >= 4 is 29.5 Å². The molecule has 0 radical (unpaired) electrons. The van der Waals surface area contributed by atoms with Gasteiger partial charge in [-0.3, -0.25) is 24.0 Å². The van der Waals surface area contributed by atoms with Gasteiger partial charge in [-0.25, -0.2) is 0 Å². The van der Waals surface area contributed by atoms with E-state index in [1.165, 1.54) is 13.8 Å². The Balaban J connectivity index is 3.81. The molecule has 0 fully saturated rings. The molecule has 10 nitrogen and oxygen atoms in total. The number of primary amides is 1. The molecule has 1 atom stereocenters. The van der Waals surface area contributed by atoms with Gasteiger partial charge < -0.3 is 27.0 Å². The van der Waals surface area contributed by atoms with Crippen molar-refractivity contribution < 1.29 is 24.0 Å². The second-order valence-corrected chi connectivity index (χ2v) is 4.84. The summed E-state index contributed by atoms with van der Waals surface area (Å²) < 4.78 is 0. The minimum Gasteiger partial charge on any atom is -0.370 e. The normalized spacial score (nSPS) is 11.0. The minimum atomic E-state index is -0.756. The lowest BCUT2D eigenvalue weighted by Gasteiger charge is -2.12. The van der Waals surface area contributed by atoms with E-state index in [1.54, 1.807) is 0 Å². The molecule has 0 aliphatic heterocycles. The van der Waals surface area contributed by atoms with Crippen LogP contribution in [0.2, 0.25) is 0 Å². The largest absolute Gasteiger partial charge is 0.370 e. The Morgan fingerprint density at radius 3 is 2.09 bits per heavy atom. The zero-order valence-corrected chi connectivity index (χ0v) is 13.2. The quantitative estimate of drug-likeness (QED) is 0.272. The van der Waals surface area contributed by atoms with Gasteiger partial charge in [-0.15, -0.1) is 0 Å². The number of rotatable bonds is 10. The molecular formula is C13H23N5O5. The predicted octanol–water partition coefficient (Wildman–Crippen LogP) is -2.87. The fraction of sp³-hybridized carbons (Fsp3) is 0.615. The van der Waals surface area contributed by atoms with E-state index in [0.29, 0.717) is 6.42 Å². The van der Waals surface area contributed by atoms with Gasteiger partial charge in [0, 0.05) is 19.9 Å². The molecule has 0 heterocycles. The SMILES string of the molecule is CC(=O)N[C@@H](C)C(=O)NCC(=O)NCC(=O)NCCCC(N)=O. The molecular weight excluding hydrogens is 306 g/mol. The number of amides is 5. The van der Waals surface area contributed by atoms with Crippen molar-refractivity contribution in [2.75, 3.05) is 19.6 Å². The third kappa shape index (κ3) is 11.7. The molecule has 0 spiro atoms. The zero-order valence-electron chi connectivity index (χ0n) is 13.2. The maximum Gasteiger partial charge on any atom is 0.242 e. The minimum absolute atomic E-state index is 0.172. The first-order valence-corrected chi connectivity index (χ1v) is 7.09. The third-order valence-corrected chi connectivity index (χ3v) is 2.60. The van der Waals surface area contributed by atoms with Crippen LogP contribution in [0.5, 0.6) is 0 Å². The molecule has 23 heavy (non-hydrogen) atoms. The van der Waals surface area contributed by atoms with Crippen molar-refractivity contribution in [2.24, 2.45) is 5.73 Å². The lowest BCUT2D eigenvalue weighted by molar-refractivity contribution is -0.130. The number of nitrogens with one attached hydrogen (secondary N) is 4. The van der Waals surface area contributed by atoms with E-state index in [2.05, 4.69) is 21.3 Å². The van der Waals surface area contributed by atoms with Crippen molar-refractivity contribution in [2.45, 2.75) is 32.7 Å². The molecule has 6 N–H and O–H groups in total. The fourth-order valence-electron chi connectivity index (χ4n) is 1.49. The van der Waals surface area contributed by atoms with Gasteiger partial charge in [0.25, 0.3) is 0 Å². The Hall–Kier alpha value is -2.65. The van der Waals surface area contributed by atoms with Crippen LogP contribution in [-0.4, -0.2) is 55.2 Å². The summed E-state index contributed by atoms with van der Waals surface area (Å²) in [6.07, 6.45) is 0.595. The standard InChI is InChI=1S/C13H23N5O5/c1-8(18-9(2)19)13(23)17-7-12(22)16-6-11(21)15-5-3-4-10(14)20/h8H,3-7H2,1-2H3,(H2,14,20)(H,15,21)(H,16,22)(H,17,23)(H,18,19)/t8-/m0/s1. The van der Waals surface area contributed by atoms with Crippen LogP contribution in [0.4, 0.5) is 0 Å². The predicted molar refractivity (Wildman–Crippen MR) is 80.7 cm³/mol. The fourth-order valence-corrected chi connectivity index (χ4v) is 1.49. The maximum absolute atomic E-state index is 11.5. The van der Waals surface area contributed by atoms with Crippen LogP contribution in [-0.2, 0) is 24.0 Å². The Labute approximate surface area is 133 Å². The smallest absolute Gasteiger partial charge is 0.242 e. The maximum atomic E-state index is 11.5. The highest BCUT2D eigenvalue weighted by atomic mass is 16.2. The second-order valence-electron chi connectivity index (χ2n) is 4.84. The monoisotopic (exact) mass is 329 g/mol. The summed E-state index contributed by atoms with van der Waals surface area (Å²) in [6, 6.07) is -0.756. The third-order valence-electron chi connectivity index (χ3n) is 2.60. The number of carbonyl (C=O) groups excluding carboxylic acids is 5. The summed E-state index contributed by atoms with van der Waals surface area (Å²) in [7, 11) is 0. The summed E-state index contributed by atoms with van der Waals surface area (Å²) in [6.45, 7) is 2.49. The van der Waals surface area contributed by atoms with Crippen molar-refractivity contribution in [1.29, 1.82) is 0 Å². The van der Waals surface area contributed by atoms with Gasteiger partial charge in [0.15, 0.2) is 0 Å². The van der Waals surface area contributed by atoms with Crippen LogP contribution in [0.1, 0.15) is 26.7 Å². The summed E-state index contributed by atoms with van der Waals surface area (Å²) >= 11 is 0. The van der Waals surface area contributed by atoms with Gasteiger partial charge in [0.05, 0.1) is 13.1 Å². The molecule has 0 aromatic carbocycles. The van der Waals surface area contributed by atoms with Crippen molar-refractivity contribution in [3.05, 3.63) is 0 Å². The average molecular weight is 329 g/mol. The molecule has 0 aliphatic rings. The zero-order chi connectivity index (χ0) is 17.8. The topological polar surface area (TPSA) is 159 Å². The van der Waals surface area contributed by atoms with Crippen LogP contribution in [0, 0.1) is 0 Å². The summed E-state index contributed by atoms with van der Waals surface area (Å²) in [5.41, 5.74) is 4.95. The van der Waals surface area contributed by atoms with Gasteiger partial charge in [0.2, 0.25) is 29.5 Å². The van der Waals surface area contributed by atoms with E-state index in [4.69, 9.17) is 5.73 Å². The molecule has 0 saturated heterocycles. The van der Waals surface area contributed by atoms with Crippen molar-refractivity contribution in [1.82, 2.24) is 21.3 Å². The van der Waals surface area contributed by atoms with Crippen LogP contribution in [0.3, 0.4) is 0 Å². The molecule has 0 aromatic rings. The lowest BCUT2D eigenvalue weighted by Crippen LogP contribution is -2.48. The molecule has 0 aromatic heterocycles. The van der Waals surface area contributed by atoms with Gasteiger partial charge in [0.1, 0.15) is 6.04 Å². The Kier molecular flexibility index (Phi) is 9.72. The molecule has 0 aliphatic carbocycles. The van der Waals surface area contributed by atoms with Crippen LogP contribution in [0.15, 0.2) is 0 Å². The molecule has 0 saturated carbocycles. The molecule has 5 amide bonds. The lowest BCUT2D eigenvalue weighted by atomic mass is 10.3. The second kappa shape index (κ2) is 11.0. The van der Waals surface area contributed by atoms with Crippen LogP contribution < -0.4 is 27.0 Å². The van der Waals surface area contributed by atoms with E-state index in [9.17, 15) is 24.0 Å². The van der Waals surface area contributed by atoms with Gasteiger partial charge in [-0.05, 0) is 13.3 Å². The molecule has 130 valence electrons. The molecule has 0 bridgehead atoms. The number of carbonyl (C=O) groups is 5. The van der Waals surface area contributed by atoms with Gasteiger partial charge >= 0.3 is 0 Å². The van der Waals surface area contributed by atoms with E-state index >= 15 is 0 Å². The molecule has 10 heteroatoms. The van der Waals surface area contributed by atoms with E-state index in [1.807, 2.05) is 0 Å². The molecule has 0 rings (SSSR count). The highest BCUT2D eigenvalue weighted by molar-refractivity contribution is 5.91. The van der Waals surface area contributed by atoms with Crippen molar-refractivity contribution in [3.8, 4) is 0 Å². The van der Waals surface area contributed by atoms with E-state index < -0.39 is 29.7 Å². The van der Waals surface area contributed by atoms with Crippen molar-refractivity contribution in [3.63, 3.8) is 0 Å². The summed E-state index contributed by atoms with van der Waals surface area (Å²) in [5, 5.41) is 9.52. The number of nitrogens with two attached hydrogens (primary N) is 1. The Bertz CT molecular complexity index is 466. The Morgan fingerprint density at radius 2 is 1.52 bits per heavy atom. The van der Waals surface area contributed by atoms with Crippen LogP contribution in [0.25, 0.3) is 0 Å². The highest BCUT2D eigenvalue weighted by Gasteiger charge is 2.14. The number of hydrogen-bond donors (Lipinski definition) is 5. The van der Waals surface area contributed by atoms with E-state index in [-0.39, 0.29) is 32.0 Å². The first-order chi connectivity index (χ1) is 10.7. The number of hydrogen-bond acceptors (Lipinski definition) is 5. The van der Waals surface area contributed by atoms with Gasteiger partial charge in [-0.2, -0.15) is 0 Å². The van der Waals surface area contributed by atoms with Gasteiger partial charge in [-0.1, -0.05) is 0 Å². The average Bonchev–Trinajstić information content (AvgIpc) is 2.46. The Morgan fingerprint density at radius 1 is 0.957 bits per heavy atom. The first-order valence-electron chi connectivity index (χ1n) is 7.09. The van der Waals surface area contributed by atoms with Crippen LogP contribution >= 0.6 is 0 Å².